The first kappa shape index (κ1) is 29.6. The maximum absolute atomic E-state index is 14.8. The number of aryl methyl sites for hydroxylation is 2. The average molecular weight is 584 g/mol. The highest BCUT2D eigenvalue weighted by molar-refractivity contribution is 7.00. The van der Waals surface area contributed by atoms with E-state index in [-0.39, 0.29) is 11.6 Å². The summed E-state index contributed by atoms with van der Waals surface area (Å²) in [5, 5.41) is 3.72. The number of rotatable bonds is 7. The summed E-state index contributed by atoms with van der Waals surface area (Å²) in [5.41, 5.74) is 5.35. The SMILES string of the molecule is CCOc1ccc(-c2cccc(C(=O)c3c(C)ccc4ccccc34)c2C(=O)c2c(C)ccc3ccccc23)cc1.O=[PH2+]. The van der Waals surface area contributed by atoms with Crippen molar-refractivity contribution in [2.45, 2.75) is 20.8 Å². The molecule has 0 spiro atoms. The van der Waals surface area contributed by atoms with E-state index in [1.807, 2.05) is 130 Å². The van der Waals surface area contributed by atoms with Gasteiger partial charge in [-0.1, -0.05) is 108 Å². The van der Waals surface area contributed by atoms with Crippen LogP contribution in [0.2, 0.25) is 0 Å². The Hall–Kier alpha value is -4.92. The van der Waals surface area contributed by atoms with Crippen LogP contribution in [0.5, 0.6) is 5.75 Å². The quantitative estimate of drug-likeness (QED) is 0.139. The van der Waals surface area contributed by atoms with Crippen LogP contribution in [0.1, 0.15) is 49.9 Å². The zero-order chi connectivity index (χ0) is 30.5. The second kappa shape index (κ2) is 12.9. The Morgan fingerprint density at radius 2 is 1.12 bits per heavy atom. The molecule has 0 heterocycles. The van der Waals surface area contributed by atoms with Crippen molar-refractivity contribution in [3.8, 4) is 16.9 Å². The van der Waals surface area contributed by atoms with Gasteiger partial charge in [0.2, 0.25) is 0 Å². The summed E-state index contributed by atoms with van der Waals surface area (Å²) in [6.07, 6.45) is 0. The topological polar surface area (TPSA) is 60.4 Å². The van der Waals surface area contributed by atoms with Crippen LogP contribution in [0.25, 0.3) is 32.7 Å². The number of carbonyl (C=O) groups excluding carboxylic acids is 2. The fourth-order valence-corrected chi connectivity index (χ4v) is 5.75. The summed E-state index contributed by atoms with van der Waals surface area (Å²) >= 11 is 0. The monoisotopic (exact) mass is 583 g/mol. The number of hydrogen-bond acceptors (Lipinski definition) is 4. The van der Waals surface area contributed by atoms with E-state index in [1.165, 1.54) is 9.12 Å². The minimum absolute atomic E-state index is 0.159. The van der Waals surface area contributed by atoms with Crippen molar-refractivity contribution in [1.29, 1.82) is 0 Å². The Labute approximate surface area is 253 Å². The summed E-state index contributed by atoms with van der Waals surface area (Å²) in [7, 11) is 1.17. The lowest BCUT2D eigenvalue weighted by atomic mass is 9.83. The van der Waals surface area contributed by atoms with Crippen LogP contribution in [0.3, 0.4) is 0 Å². The molecule has 0 aromatic heterocycles. The highest BCUT2D eigenvalue weighted by atomic mass is 31.0. The van der Waals surface area contributed by atoms with Gasteiger partial charge in [0.1, 0.15) is 5.75 Å². The lowest BCUT2D eigenvalue weighted by Gasteiger charge is -2.18. The molecule has 0 N–H and O–H groups in total. The van der Waals surface area contributed by atoms with E-state index in [2.05, 4.69) is 0 Å². The normalized spacial score (nSPS) is 10.7. The Morgan fingerprint density at radius 1 is 0.581 bits per heavy atom. The van der Waals surface area contributed by atoms with Crippen LogP contribution in [0.4, 0.5) is 0 Å². The van der Waals surface area contributed by atoms with Crippen LogP contribution >= 0.6 is 9.12 Å². The standard InChI is InChI=1S/C38H30O3.H2OP/c1-4-41-29-22-20-28(21-23-29)32-14-9-15-33(37(39)34-24(2)16-18-26-10-5-7-12-30(26)34)36(32)38(40)35-25(3)17-19-27-11-6-8-13-31(27)35;1-2/h5-23H,4H2,1-3H3;2H2/q;+1. The molecule has 1 unspecified atom stereocenters. The molecule has 0 saturated carbocycles. The molecule has 0 aliphatic heterocycles. The molecule has 1 atom stereocenters. The van der Waals surface area contributed by atoms with Crippen LogP contribution in [0.15, 0.2) is 115 Å². The number of carbonyl (C=O) groups is 2. The van der Waals surface area contributed by atoms with Gasteiger partial charge in [-0.05, 0) is 76.7 Å². The van der Waals surface area contributed by atoms with Crippen LogP contribution in [-0.4, -0.2) is 18.2 Å². The number of ketones is 2. The largest absolute Gasteiger partial charge is 0.494 e. The molecule has 6 aromatic carbocycles. The highest BCUT2D eigenvalue weighted by Crippen LogP contribution is 2.35. The van der Waals surface area contributed by atoms with Crippen molar-refractivity contribution < 1.29 is 18.9 Å². The fraction of sp³-hybridized carbons (Fsp3) is 0.105. The van der Waals surface area contributed by atoms with Gasteiger partial charge in [0.05, 0.1) is 6.61 Å². The molecule has 0 aliphatic carbocycles. The van der Waals surface area contributed by atoms with Gasteiger partial charge >= 0.3 is 9.12 Å². The van der Waals surface area contributed by atoms with Crippen molar-refractivity contribution in [1.82, 2.24) is 0 Å². The molecule has 0 aliphatic rings. The van der Waals surface area contributed by atoms with E-state index in [0.717, 1.165) is 44.0 Å². The Kier molecular flexibility index (Phi) is 8.90. The maximum atomic E-state index is 14.8. The minimum Gasteiger partial charge on any atom is -0.494 e. The van der Waals surface area contributed by atoms with E-state index in [1.54, 1.807) is 6.07 Å². The van der Waals surface area contributed by atoms with Gasteiger partial charge < -0.3 is 4.74 Å². The summed E-state index contributed by atoms with van der Waals surface area (Å²) < 4.78 is 13.8. The molecule has 4 nitrogen and oxygen atoms in total. The van der Waals surface area contributed by atoms with Gasteiger partial charge in [-0.15, -0.1) is 0 Å². The Balaban J connectivity index is 0.00000180. The molecular formula is C38H32O4P+. The number of ether oxygens (including phenoxy) is 1. The van der Waals surface area contributed by atoms with Crippen molar-refractivity contribution in [2.75, 3.05) is 6.61 Å². The molecule has 0 saturated heterocycles. The molecule has 0 bridgehead atoms. The van der Waals surface area contributed by atoms with Gasteiger partial charge in [0.25, 0.3) is 0 Å². The molecule has 43 heavy (non-hydrogen) atoms. The summed E-state index contributed by atoms with van der Waals surface area (Å²) in [5.74, 6) is 0.436. The van der Waals surface area contributed by atoms with Gasteiger partial charge in [0, 0.05) is 22.3 Å². The minimum atomic E-state index is -0.162. The number of fused-ring (bicyclic) bond motifs is 2. The van der Waals surface area contributed by atoms with Crippen molar-refractivity contribution in [2.24, 2.45) is 0 Å². The lowest BCUT2D eigenvalue weighted by molar-refractivity contribution is 0.100. The third kappa shape index (κ3) is 5.62. The Morgan fingerprint density at radius 3 is 1.67 bits per heavy atom. The number of hydrogen-bond donors (Lipinski definition) is 0. The predicted molar refractivity (Wildman–Crippen MR) is 178 cm³/mol. The van der Waals surface area contributed by atoms with E-state index in [0.29, 0.717) is 34.4 Å². The number of benzene rings is 6. The van der Waals surface area contributed by atoms with Crippen LogP contribution in [-0.2, 0) is 4.57 Å². The first-order valence-corrected chi connectivity index (χ1v) is 14.6. The van der Waals surface area contributed by atoms with E-state index in [4.69, 9.17) is 9.30 Å². The van der Waals surface area contributed by atoms with E-state index < -0.39 is 0 Å². The summed E-state index contributed by atoms with van der Waals surface area (Å²) in [6.45, 7) is 6.42. The van der Waals surface area contributed by atoms with Gasteiger partial charge in [-0.2, -0.15) is 0 Å². The first-order chi connectivity index (χ1) is 21.0. The predicted octanol–water partition coefficient (Wildman–Crippen LogP) is 9.34. The van der Waals surface area contributed by atoms with Crippen molar-refractivity contribution in [3.05, 3.63) is 149 Å². The third-order valence-electron chi connectivity index (χ3n) is 7.74. The lowest BCUT2D eigenvalue weighted by Crippen LogP contribution is -2.15. The van der Waals surface area contributed by atoms with Crippen LogP contribution < -0.4 is 4.74 Å². The second-order valence-electron chi connectivity index (χ2n) is 10.3. The highest BCUT2D eigenvalue weighted by Gasteiger charge is 2.27. The van der Waals surface area contributed by atoms with E-state index >= 15 is 0 Å². The average Bonchev–Trinajstić information content (AvgIpc) is 3.05. The third-order valence-corrected chi connectivity index (χ3v) is 7.74. The van der Waals surface area contributed by atoms with Crippen molar-refractivity contribution >= 4 is 42.2 Å². The first-order valence-electron chi connectivity index (χ1n) is 14.1. The molecule has 6 aromatic rings. The molecule has 0 amide bonds. The van der Waals surface area contributed by atoms with Crippen molar-refractivity contribution in [3.63, 3.8) is 0 Å². The molecule has 0 fully saturated rings. The van der Waals surface area contributed by atoms with E-state index in [9.17, 15) is 9.59 Å². The maximum Gasteiger partial charge on any atom is 0.310 e. The molecule has 212 valence electrons. The van der Waals surface area contributed by atoms with Gasteiger partial charge in [-0.3, -0.25) is 9.59 Å². The summed E-state index contributed by atoms with van der Waals surface area (Å²) in [6, 6.07) is 37.1. The van der Waals surface area contributed by atoms with Gasteiger partial charge in [0.15, 0.2) is 11.6 Å². The van der Waals surface area contributed by atoms with Gasteiger partial charge in [-0.25, -0.2) is 0 Å². The molecule has 6 rings (SSSR count). The second-order valence-corrected chi connectivity index (χ2v) is 10.3. The van der Waals surface area contributed by atoms with Crippen LogP contribution in [0, 0.1) is 13.8 Å². The Bertz CT molecular complexity index is 1980. The summed E-state index contributed by atoms with van der Waals surface area (Å²) in [4.78, 5) is 29.3. The smallest absolute Gasteiger partial charge is 0.310 e. The molecule has 5 heteroatoms. The fourth-order valence-electron chi connectivity index (χ4n) is 5.75. The zero-order valence-corrected chi connectivity index (χ0v) is 25.5. The molecule has 0 radical (unpaired) electrons. The molecular weight excluding hydrogens is 551 g/mol. The zero-order valence-electron chi connectivity index (χ0n) is 24.4.